The molecule has 14 nitrogen and oxygen atoms in total. The van der Waals surface area contributed by atoms with E-state index in [2.05, 4.69) is 16.0 Å². The summed E-state index contributed by atoms with van der Waals surface area (Å²) < 4.78 is 0. The van der Waals surface area contributed by atoms with E-state index in [1.807, 2.05) is 0 Å². The van der Waals surface area contributed by atoms with Crippen LogP contribution in [0.2, 0.25) is 0 Å². The van der Waals surface area contributed by atoms with E-state index in [1.165, 1.54) is 24.3 Å². The Morgan fingerprint density at radius 1 is 0.838 bits per heavy atom. The summed E-state index contributed by atoms with van der Waals surface area (Å²) in [6, 6.07) is 0.0509. The van der Waals surface area contributed by atoms with Crippen molar-refractivity contribution >= 4 is 35.6 Å². The Labute approximate surface area is 212 Å². The van der Waals surface area contributed by atoms with Crippen LogP contribution in [-0.2, 0) is 35.2 Å². The monoisotopic (exact) mass is 523 g/mol. The summed E-state index contributed by atoms with van der Waals surface area (Å²) in [5.41, 5.74) is 11.4. The molecule has 0 saturated heterocycles. The third-order valence-electron chi connectivity index (χ3n) is 5.34. The number of benzene rings is 1. The largest absolute Gasteiger partial charge is 0.508 e. The molecule has 204 valence electrons. The number of phenols is 1. The summed E-state index contributed by atoms with van der Waals surface area (Å²) in [5.74, 6) is -6.77. The lowest BCUT2D eigenvalue weighted by molar-refractivity contribution is -0.143. The summed E-state index contributed by atoms with van der Waals surface area (Å²) >= 11 is 0. The first-order valence-corrected chi connectivity index (χ1v) is 11.4. The normalized spacial score (nSPS) is 14.1. The minimum Gasteiger partial charge on any atom is -0.508 e. The third kappa shape index (κ3) is 10.9. The molecule has 37 heavy (non-hydrogen) atoms. The maximum Gasteiger partial charge on any atom is 0.326 e. The first-order chi connectivity index (χ1) is 17.2. The molecule has 10 N–H and O–H groups in total. The van der Waals surface area contributed by atoms with Crippen LogP contribution >= 0.6 is 0 Å². The SMILES string of the molecule is CC(C)C(N)C(=O)NC(CC(=O)O)C(=O)NC(CCC(N)=O)C(=O)NC(Cc1ccc(O)cc1)C(=O)O. The van der Waals surface area contributed by atoms with Gasteiger partial charge in [-0.2, -0.15) is 0 Å². The molecule has 0 fully saturated rings. The Kier molecular flexibility index (Phi) is 12.0. The van der Waals surface area contributed by atoms with Crippen LogP contribution in [0.3, 0.4) is 0 Å². The molecule has 0 aliphatic rings. The fraction of sp³-hybridized carbons (Fsp3) is 0.478. The van der Waals surface area contributed by atoms with Gasteiger partial charge in [0.1, 0.15) is 23.9 Å². The number of nitrogens with two attached hydrogens (primary N) is 2. The van der Waals surface area contributed by atoms with Crippen molar-refractivity contribution in [1.29, 1.82) is 0 Å². The summed E-state index contributed by atoms with van der Waals surface area (Å²) in [7, 11) is 0. The number of aromatic hydroxyl groups is 1. The standard InChI is InChI=1S/C23H33N5O9/c1-11(2)19(25)22(35)27-15(10-18(31)32)21(34)26-14(7-8-17(24)30)20(33)28-16(23(36)37)9-12-3-5-13(29)6-4-12/h3-6,11,14-16,19,29H,7-10,25H2,1-2H3,(H2,24,30)(H,26,34)(H,27,35)(H,28,33)(H,31,32)(H,36,37). The molecule has 4 unspecified atom stereocenters. The summed E-state index contributed by atoms with van der Waals surface area (Å²) in [6.07, 6.45) is -1.67. The first-order valence-electron chi connectivity index (χ1n) is 11.4. The van der Waals surface area contributed by atoms with Crippen molar-refractivity contribution in [2.75, 3.05) is 0 Å². The van der Waals surface area contributed by atoms with Crippen LogP contribution in [0.4, 0.5) is 0 Å². The van der Waals surface area contributed by atoms with Crippen molar-refractivity contribution in [1.82, 2.24) is 16.0 Å². The number of nitrogens with one attached hydrogen (secondary N) is 3. The zero-order valence-corrected chi connectivity index (χ0v) is 20.5. The number of hydrogen-bond acceptors (Lipinski definition) is 8. The van der Waals surface area contributed by atoms with Gasteiger partial charge in [0, 0.05) is 12.8 Å². The number of amides is 4. The highest BCUT2D eigenvalue weighted by Crippen LogP contribution is 2.12. The average Bonchev–Trinajstić information content (AvgIpc) is 2.80. The lowest BCUT2D eigenvalue weighted by Crippen LogP contribution is -2.58. The van der Waals surface area contributed by atoms with Crippen molar-refractivity contribution in [2.45, 2.75) is 63.7 Å². The van der Waals surface area contributed by atoms with Crippen LogP contribution < -0.4 is 27.4 Å². The molecular formula is C23H33N5O9. The third-order valence-corrected chi connectivity index (χ3v) is 5.34. The Morgan fingerprint density at radius 2 is 1.35 bits per heavy atom. The van der Waals surface area contributed by atoms with Gasteiger partial charge >= 0.3 is 11.9 Å². The molecule has 1 aromatic carbocycles. The molecule has 1 rings (SSSR count). The Morgan fingerprint density at radius 3 is 1.84 bits per heavy atom. The smallest absolute Gasteiger partial charge is 0.326 e. The first kappa shape index (κ1) is 30.8. The second-order valence-electron chi connectivity index (χ2n) is 8.76. The molecule has 0 saturated carbocycles. The Bertz CT molecular complexity index is 997. The van der Waals surface area contributed by atoms with Crippen LogP contribution in [-0.4, -0.2) is 75.1 Å². The molecular weight excluding hydrogens is 490 g/mol. The second-order valence-corrected chi connectivity index (χ2v) is 8.76. The molecule has 0 bridgehead atoms. The fourth-order valence-electron chi connectivity index (χ4n) is 3.12. The number of phenolic OH excluding ortho intramolecular Hbond substituents is 1. The fourth-order valence-corrected chi connectivity index (χ4v) is 3.12. The molecule has 1 aromatic rings. The Hall–Kier alpha value is -4.20. The summed E-state index contributed by atoms with van der Waals surface area (Å²) in [6.45, 7) is 3.30. The van der Waals surface area contributed by atoms with Gasteiger partial charge in [0.2, 0.25) is 23.6 Å². The van der Waals surface area contributed by atoms with Crippen molar-refractivity contribution in [3.8, 4) is 5.75 Å². The number of aliphatic carboxylic acids is 2. The van der Waals surface area contributed by atoms with Crippen molar-refractivity contribution in [2.24, 2.45) is 17.4 Å². The van der Waals surface area contributed by atoms with Gasteiger partial charge in [-0.15, -0.1) is 0 Å². The zero-order valence-electron chi connectivity index (χ0n) is 20.5. The van der Waals surface area contributed by atoms with Gasteiger partial charge in [0.25, 0.3) is 0 Å². The number of hydrogen-bond donors (Lipinski definition) is 8. The number of carboxylic acid groups (broad SMARTS) is 2. The van der Waals surface area contributed by atoms with Crippen LogP contribution in [0.15, 0.2) is 24.3 Å². The molecule has 14 heteroatoms. The van der Waals surface area contributed by atoms with E-state index in [-0.39, 0.29) is 30.9 Å². The average molecular weight is 524 g/mol. The quantitative estimate of drug-likeness (QED) is 0.128. The number of primary amides is 1. The molecule has 4 atom stereocenters. The lowest BCUT2D eigenvalue weighted by Gasteiger charge is -2.25. The van der Waals surface area contributed by atoms with Crippen LogP contribution in [0, 0.1) is 5.92 Å². The van der Waals surface area contributed by atoms with Crippen LogP contribution in [0.25, 0.3) is 0 Å². The maximum absolute atomic E-state index is 12.9. The highest BCUT2D eigenvalue weighted by molar-refractivity contribution is 5.95. The van der Waals surface area contributed by atoms with E-state index in [0.717, 1.165) is 0 Å². The number of carbonyl (C=O) groups is 6. The predicted molar refractivity (Wildman–Crippen MR) is 129 cm³/mol. The van der Waals surface area contributed by atoms with Crippen molar-refractivity contribution in [3.05, 3.63) is 29.8 Å². The van der Waals surface area contributed by atoms with Gasteiger partial charge in [-0.25, -0.2) is 4.79 Å². The van der Waals surface area contributed by atoms with Crippen molar-refractivity contribution < 1.29 is 44.1 Å². The second kappa shape index (κ2) is 14.4. The molecule has 0 radical (unpaired) electrons. The van der Waals surface area contributed by atoms with E-state index in [0.29, 0.717) is 5.56 Å². The number of rotatable bonds is 15. The van der Waals surface area contributed by atoms with Crippen molar-refractivity contribution in [3.63, 3.8) is 0 Å². The van der Waals surface area contributed by atoms with E-state index < -0.39 is 66.2 Å². The van der Waals surface area contributed by atoms with Gasteiger partial charge in [-0.1, -0.05) is 26.0 Å². The predicted octanol–water partition coefficient (Wildman–Crippen LogP) is -1.80. The zero-order chi connectivity index (χ0) is 28.3. The topological polar surface area (TPSA) is 251 Å². The highest BCUT2D eigenvalue weighted by Gasteiger charge is 2.32. The molecule has 4 amide bonds. The van der Waals surface area contributed by atoms with E-state index in [9.17, 15) is 39.0 Å². The van der Waals surface area contributed by atoms with Crippen LogP contribution in [0.1, 0.15) is 38.7 Å². The molecule has 0 spiro atoms. The number of carbonyl (C=O) groups excluding carboxylic acids is 4. The summed E-state index contributed by atoms with van der Waals surface area (Å²) in [4.78, 5) is 72.3. The van der Waals surface area contributed by atoms with Gasteiger partial charge in [0.05, 0.1) is 12.5 Å². The maximum atomic E-state index is 12.9. The molecule has 0 aromatic heterocycles. The lowest BCUT2D eigenvalue weighted by atomic mass is 10.0. The van der Waals surface area contributed by atoms with Gasteiger partial charge in [-0.3, -0.25) is 24.0 Å². The molecule has 0 aliphatic heterocycles. The van der Waals surface area contributed by atoms with E-state index in [4.69, 9.17) is 16.6 Å². The highest BCUT2D eigenvalue weighted by atomic mass is 16.4. The number of carboxylic acids is 2. The minimum atomic E-state index is -1.61. The van der Waals surface area contributed by atoms with Gasteiger partial charge in [0.15, 0.2) is 0 Å². The molecule has 0 heterocycles. The minimum absolute atomic E-state index is 0.0359. The van der Waals surface area contributed by atoms with Gasteiger partial charge in [-0.05, 0) is 30.0 Å². The summed E-state index contributed by atoms with van der Waals surface area (Å²) in [5, 5.41) is 34.9. The van der Waals surface area contributed by atoms with Crippen LogP contribution in [0.5, 0.6) is 5.75 Å². The van der Waals surface area contributed by atoms with E-state index >= 15 is 0 Å². The molecule has 0 aliphatic carbocycles. The van der Waals surface area contributed by atoms with Gasteiger partial charge < -0.3 is 42.7 Å². The Balaban J connectivity index is 3.07. The van der Waals surface area contributed by atoms with E-state index in [1.54, 1.807) is 13.8 Å².